The summed E-state index contributed by atoms with van der Waals surface area (Å²) in [5, 5.41) is 0. The van der Waals surface area contributed by atoms with Gasteiger partial charge in [0.15, 0.2) is 12.3 Å². The van der Waals surface area contributed by atoms with Crippen molar-refractivity contribution in [2.45, 2.75) is 12.3 Å². The molecule has 0 amide bonds. The zero-order valence-corrected chi connectivity index (χ0v) is 6.25. The second-order valence-corrected chi connectivity index (χ2v) is 1.81. The van der Waals surface area contributed by atoms with Crippen LogP contribution in [0.5, 0.6) is 0 Å². The number of hydrogen-bond acceptors (Lipinski definition) is 0. The molecule has 0 saturated carbocycles. The average Bonchev–Trinajstić information content (AvgIpc) is 2.16. The molecular weight excluding hydrogens is 186 g/mol. The van der Waals surface area contributed by atoms with Crippen LogP contribution in [0.2, 0.25) is 0 Å². The largest absolute Gasteiger partial charge is 0.248 e. The number of alkyl halides is 6. The fourth-order valence-corrected chi connectivity index (χ4v) is 0.0825. The summed E-state index contributed by atoms with van der Waals surface area (Å²) in [4.78, 5) is 0. The molecule has 76 valence electrons. The van der Waals surface area contributed by atoms with Crippen molar-refractivity contribution in [1.82, 2.24) is 0 Å². The van der Waals surface area contributed by atoms with E-state index in [1.54, 1.807) is 0 Å². The van der Waals surface area contributed by atoms with Gasteiger partial charge in [0.2, 0.25) is 0 Å². The Hall–Kier alpha value is -0.420. The Morgan fingerprint density at radius 2 is 0.750 bits per heavy atom. The van der Waals surface area contributed by atoms with Gasteiger partial charge in [-0.1, -0.05) is 0 Å². The molecule has 0 nitrogen and oxygen atoms in total. The smallest absolute Gasteiger partial charge is 0.156 e. The molecule has 0 aliphatic heterocycles. The third kappa shape index (κ3) is 12.3. The summed E-state index contributed by atoms with van der Waals surface area (Å²) in [5.74, 6) is 0. The van der Waals surface area contributed by atoms with Gasteiger partial charge in [0.05, 0.1) is 0 Å². The second-order valence-electron chi connectivity index (χ2n) is 1.81. The molecule has 0 aromatic rings. The van der Waals surface area contributed by atoms with Crippen LogP contribution in [0.15, 0.2) is 0 Å². The van der Waals surface area contributed by atoms with Crippen molar-refractivity contribution < 1.29 is 26.3 Å². The van der Waals surface area contributed by atoms with Crippen molar-refractivity contribution in [3.05, 3.63) is 0 Å². The quantitative estimate of drug-likeness (QED) is 0.606. The third-order valence-corrected chi connectivity index (χ3v) is 0.670. The summed E-state index contributed by atoms with van der Waals surface area (Å²) in [5.41, 5.74) is 0. The maximum absolute atomic E-state index is 11.1. The molecule has 0 aliphatic carbocycles. The molecular formula is C6H10F6. The Labute approximate surface area is 66.6 Å². The van der Waals surface area contributed by atoms with Crippen LogP contribution in [0.3, 0.4) is 0 Å². The highest BCUT2D eigenvalue weighted by Crippen LogP contribution is 1.90. The van der Waals surface area contributed by atoms with Gasteiger partial charge in [0.1, 0.15) is 26.7 Å². The van der Waals surface area contributed by atoms with E-state index in [1.165, 1.54) is 0 Å². The normalized spacial score (nSPS) is 10.0. The monoisotopic (exact) mass is 196 g/mol. The summed E-state index contributed by atoms with van der Waals surface area (Å²) in [6.45, 7) is -4.85. The highest BCUT2D eigenvalue weighted by atomic mass is 19.2. The van der Waals surface area contributed by atoms with Gasteiger partial charge in [-0.2, -0.15) is 0 Å². The maximum Gasteiger partial charge on any atom is 0.156 e. The first kappa shape index (κ1) is 14.1. The summed E-state index contributed by atoms with van der Waals surface area (Å²) >= 11 is 0. The Balaban J connectivity index is 0. The van der Waals surface area contributed by atoms with E-state index in [4.69, 9.17) is 0 Å². The average molecular weight is 196 g/mol. The third-order valence-electron chi connectivity index (χ3n) is 0.670. The molecule has 0 spiro atoms. The van der Waals surface area contributed by atoms with Gasteiger partial charge in [0.25, 0.3) is 0 Å². The Morgan fingerprint density at radius 1 is 0.583 bits per heavy atom. The fourth-order valence-electron chi connectivity index (χ4n) is 0.0825. The molecule has 12 heavy (non-hydrogen) atoms. The van der Waals surface area contributed by atoms with Crippen LogP contribution in [-0.2, 0) is 0 Å². The summed E-state index contributed by atoms with van der Waals surface area (Å²) < 4.78 is 65.3. The first-order chi connectivity index (χ1) is 5.62. The number of halogens is 6. The van der Waals surface area contributed by atoms with Crippen molar-refractivity contribution in [2.75, 3.05) is 26.7 Å². The second kappa shape index (κ2) is 10.6. The van der Waals surface area contributed by atoms with Crippen molar-refractivity contribution in [3.8, 4) is 0 Å². The summed E-state index contributed by atoms with van der Waals surface area (Å²) in [6.07, 6.45) is -3.80. The molecule has 0 aromatic heterocycles. The molecule has 0 fully saturated rings. The van der Waals surface area contributed by atoms with Crippen LogP contribution < -0.4 is 0 Å². The van der Waals surface area contributed by atoms with Crippen LogP contribution in [0.25, 0.3) is 0 Å². The van der Waals surface area contributed by atoms with Gasteiger partial charge in [-0.25, -0.2) is 26.3 Å². The molecule has 0 heterocycles. The van der Waals surface area contributed by atoms with Gasteiger partial charge in [-0.05, 0) is 0 Å². The first-order valence-electron chi connectivity index (χ1n) is 3.14. The molecule has 0 bridgehead atoms. The highest BCUT2D eigenvalue weighted by molar-refractivity contribution is 4.46. The Kier molecular flexibility index (Phi) is 12.5. The minimum Gasteiger partial charge on any atom is -0.248 e. The van der Waals surface area contributed by atoms with Crippen molar-refractivity contribution in [1.29, 1.82) is 0 Å². The summed E-state index contributed by atoms with van der Waals surface area (Å²) in [6, 6.07) is 0. The van der Waals surface area contributed by atoms with Crippen LogP contribution in [0.4, 0.5) is 26.3 Å². The lowest BCUT2D eigenvalue weighted by Crippen LogP contribution is -2.03. The maximum atomic E-state index is 11.1. The zero-order valence-electron chi connectivity index (χ0n) is 6.25. The lowest BCUT2D eigenvalue weighted by atomic mass is 10.5. The van der Waals surface area contributed by atoms with Gasteiger partial charge >= 0.3 is 0 Å². The van der Waals surface area contributed by atoms with Gasteiger partial charge in [-0.3, -0.25) is 0 Å². The van der Waals surface area contributed by atoms with E-state index in [1.807, 2.05) is 0 Å². The van der Waals surface area contributed by atoms with Gasteiger partial charge in [-0.15, -0.1) is 0 Å². The van der Waals surface area contributed by atoms with Crippen LogP contribution >= 0.6 is 0 Å². The topological polar surface area (TPSA) is 0 Å². The Bertz CT molecular complexity index is 60.4. The number of rotatable bonds is 4. The molecule has 0 saturated heterocycles. The van der Waals surface area contributed by atoms with E-state index in [-0.39, 0.29) is 0 Å². The van der Waals surface area contributed by atoms with Crippen molar-refractivity contribution >= 4 is 0 Å². The van der Waals surface area contributed by atoms with Crippen LogP contribution in [0, 0.1) is 0 Å². The predicted molar refractivity (Wildman–Crippen MR) is 33.7 cm³/mol. The first-order valence-corrected chi connectivity index (χ1v) is 3.14. The van der Waals surface area contributed by atoms with E-state index in [0.29, 0.717) is 0 Å². The molecule has 0 N–H and O–H groups in total. The molecule has 0 rings (SSSR count). The SMILES string of the molecule is FCC(F)CF.FCC(F)CF. The lowest BCUT2D eigenvalue weighted by Gasteiger charge is -1.88. The van der Waals surface area contributed by atoms with E-state index < -0.39 is 39.0 Å². The van der Waals surface area contributed by atoms with Crippen molar-refractivity contribution in [2.24, 2.45) is 0 Å². The highest BCUT2D eigenvalue weighted by Gasteiger charge is 2.01. The molecule has 0 atom stereocenters. The molecule has 0 aliphatic rings. The molecule has 0 aromatic carbocycles. The van der Waals surface area contributed by atoms with E-state index >= 15 is 0 Å². The molecule has 0 radical (unpaired) electrons. The van der Waals surface area contributed by atoms with Gasteiger partial charge in [0, 0.05) is 0 Å². The van der Waals surface area contributed by atoms with Crippen LogP contribution in [-0.4, -0.2) is 39.0 Å². The fraction of sp³-hybridized carbons (Fsp3) is 1.00. The summed E-state index contributed by atoms with van der Waals surface area (Å²) in [7, 11) is 0. The van der Waals surface area contributed by atoms with E-state index in [2.05, 4.69) is 0 Å². The van der Waals surface area contributed by atoms with Crippen molar-refractivity contribution in [3.63, 3.8) is 0 Å². The molecule has 6 heteroatoms. The zero-order chi connectivity index (χ0) is 9.98. The predicted octanol–water partition coefficient (Wildman–Crippen LogP) is 2.53. The molecule has 0 unspecified atom stereocenters. The minimum absolute atomic E-state index is 1.21. The minimum atomic E-state index is -1.90. The number of hydrogen-bond donors (Lipinski definition) is 0. The van der Waals surface area contributed by atoms with E-state index in [0.717, 1.165) is 0 Å². The standard InChI is InChI=1S/2C3H5F3/c2*4-1-3(6)2-5/h2*3H,1-2H2. The lowest BCUT2D eigenvalue weighted by molar-refractivity contribution is 0.212. The van der Waals surface area contributed by atoms with Crippen LogP contribution in [0.1, 0.15) is 0 Å². The Morgan fingerprint density at radius 3 is 0.750 bits per heavy atom. The van der Waals surface area contributed by atoms with E-state index in [9.17, 15) is 26.3 Å². The van der Waals surface area contributed by atoms with Gasteiger partial charge < -0.3 is 0 Å².